The molecule has 1 aromatic rings. The van der Waals surface area contributed by atoms with Gasteiger partial charge in [-0.25, -0.2) is 4.39 Å². The van der Waals surface area contributed by atoms with E-state index in [1.54, 1.807) is 18.2 Å². The molecule has 0 saturated carbocycles. The van der Waals surface area contributed by atoms with Gasteiger partial charge in [0.2, 0.25) is 0 Å². The second-order valence-electron chi connectivity index (χ2n) is 4.96. The maximum atomic E-state index is 13.5. The molecule has 0 aliphatic rings. The van der Waals surface area contributed by atoms with Gasteiger partial charge in [0.15, 0.2) is 0 Å². The Bertz CT molecular complexity index is 371. The molecule has 19 heavy (non-hydrogen) atoms. The first-order valence-corrected chi connectivity index (χ1v) is 6.79. The SMILES string of the molecule is CCOCC(NCC(O)c1ccccc1F)C(C)C. The zero-order valence-corrected chi connectivity index (χ0v) is 11.9. The molecule has 0 bridgehead atoms. The van der Waals surface area contributed by atoms with Crippen molar-refractivity contribution in [1.82, 2.24) is 5.32 Å². The third kappa shape index (κ3) is 5.27. The number of benzene rings is 1. The summed E-state index contributed by atoms with van der Waals surface area (Å²) in [5.41, 5.74) is 0.328. The fraction of sp³-hybridized carbons (Fsp3) is 0.600. The van der Waals surface area contributed by atoms with Gasteiger partial charge in [0.05, 0.1) is 12.7 Å². The largest absolute Gasteiger partial charge is 0.387 e. The van der Waals surface area contributed by atoms with Crippen molar-refractivity contribution in [3.8, 4) is 0 Å². The van der Waals surface area contributed by atoms with Gasteiger partial charge < -0.3 is 15.2 Å². The van der Waals surface area contributed by atoms with E-state index in [0.29, 0.717) is 31.2 Å². The van der Waals surface area contributed by atoms with E-state index < -0.39 is 6.10 Å². The van der Waals surface area contributed by atoms with Crippen LogP contribution in [0.4, 0.5) is 4.39 Å². The third-order valence-corrected chi connectivity index (χ3v) is 3.14. The Balaban J connectivity index is 2.52. The molecule has 2 N–H and O–H groups in total. The summed E-state index contributed by atoms with van der Waals surface area (Å²) in [5.74, 6) is 0.0158. The van der Waals surface area contributed by atoms with Gasteiger partial charge in [0, 0.05) is 24.8 Å². The predicted octanol–water partition coefficient (Wildman–Crippen LogP) is 2.51. The Morgan fingerprint density at radius 3 is 2.58 bits per heavy atom. The molecular weight excluding hydrogens is 245 g/mol. The van der Waals surface area contributed by atoms with Crippen LogP contribution in [-0.2, 0) is 4.74 Å². The minimum absolute atomic E-state index is 0.154. The van der Waals surface area contributed by atoms with Crippen LogP contribution in [0.15, 0.2) is 24.3 Å². The molecule has 0 heterocycles. The highest BCUT2D eigenvalue weighted by Crippen LogP contribution is 2.16. The summed E-state index contributed by atoms with van der Waals surface area (Å²) in [6.45, 7) is 7.71. The summed E-state index contributed by atoms with van der Waals surface area (Å²) in [5, 5.41) is 13.3. The predicted molar refractivity (Wildman–Crippen MR) is 74.5 cm³/mol. The highest BCUT2D eigenvalue weighted by atomic mass is 19.1. The minimum Gasteiger partial charge on any atom is -0.387 e. The van der Waals surface area contributed by atoms with Crippen LogP contribution in [0.2, 0.25) is 0 Å². The van der Waals surface area contributed by atoms with E-state index >= 15 is 0 Å². The van der Waals surface area contributed by atoms with Crippen molar-refractivity contribution in [3.05, 3.63) is 35.6 Å². The number of ether oxygens (including phenoxy) is 1. The van der Waals surface area contributed by atoms with Crippen LogP contribution in [0.5, 0.6) is 0 Å². The first-order valence-electron chi connectivity index (χ1n) is 6.79. The van der Waals surface area contributed by atoms with Crippen molar-refractivity contribution in [2.45, 2.75) is 32.9 Å². The quantitative estimate of drug-likeness (QED) is 0.762. The second kappa shape index (κ2) is 8.25. The lowest BCUT2D eigenvalue weighted by Gasteiger charge is -2.24. The fourth-order valence-corrected chi connectivity index (χ4v) is 1.85. The van der Waals surface area contributed by atoms with Gasteiger partial charge in [0.1, 0.15) is 5.82 Å². The summed E-state index contributed by atoms with van der Waals surface area (Å²) < 4.78 is 18.9. The first-order chi connectivity index (χ1) is 9.06. The molecule has 0 aromatic heterocycles. The Hall–Kier alpha value is -0.970. The van der Waals surface area contributed by atoms with E-state index in [2.05, 4.69) is 19.2 Å². The summed E-state index contributed by atoms with van der Waals surface area (Å²) in [4.78, 5) is 0. The Labute approximate surface area is 114 Å². The van der Waals surface area contributed by atoms with Crippen LogP contribution < -0.4 is 5.32 Å². The van der Waals surface area contributed by atoms with Gasteiger partial charge in [-0.15, -0.1) is 0 Å². The number of aliphatic hydroxyl groups excluding tert-OH is 1. The van der Waals surface area contributed by atoms with Crippen LogP contribution in [-0.4, -0.2) is 30.9 Å². The Kier molecular flexibility index (Phi) is 6.99. The van der Waals surface area contributed by atoms with Crippen LogP contribution in [0, 0.1) is 11.7 Å². The van der Waals surface area contributed by atoms with Crippen molar-refractivity contribution in [2.24, 2.45) is 5.92 Å². The Morgan fingerprint density at radius 2 is 2.00 bits per heavy atom. The number of hydrogen-bond acceptors (Lipinski definition) is 3. The highest BCUT2D eigenvalue weighted by molar-refractivity contribution is 5.20. The zero-order chi connectivity index (χ0) is 14.3. The maximum absolute atomic E-state index is 13.5. The van der Waals surface area contributed by atoms with Gasteiger partial charge in [-0.2, -0.15) is 0 Å². The summed E-state index contributed by atoms with van der Waals surface area (Å²) in [7, 11) is 0. The molecule has 4 heteroatoms. The minimum atomic E-state index is -0.843. The van der Waals surface area contributed by atoms with Gasteiger partial charge in [-0.3, -0.25) is 0 Å². The number of nitrogens with one attached hydrogen (secondary N) is 1. The van der Waals surface area contributed by atoms with Crippen molar-refractivity contribution < 1.29 is 14.2 Å². The van der Waals surface area contributed by atoms with E-state index in [1.807, 2.05) is 6.92 Å². The molecule has 1 rings (SSSR count). The van der Waals surface area contributed by atoms with E-state index in [9.17, 15) is 9.50 Å². The molecule has 0 spiro atoms. The highest BCUT2D eigenvalue weighted by Gasteiger charge is 2.17. The number of rotatable bonds is 8. The lowest BCUT2D eigenvalue weighted by molar-refractivity contribution is 0.0964. The lowest BCUT2D eigenvalue weighted by atomic mass is 10.0. The number of halogens is 1. The maximum Gasteiger partial charge on any atom is 0.129 e. The van der Waals surface area contributed by atoms with Crippen molar-refractivity contribution >= 4 is 0 Å². The second-order valence-corrected chi connectivity index (χ2v) is 4.96. The molecule has 2 unspecified atom stereocenters. The van der Waals surface area contributed by atoms with Gasteiger partial charge in [0.25, 0.3) is 0 Å². The van der Waals surface area contributed by atoms with Gasteiger partial charge in [-0.05, 0) is 18.9 Å². The molecule has 0 fully saturated rings. The first kappa shape index (κ1) is 16.1. The molecule has 108 valence electrons. The standard InChI is InChI=1S/C15H24FNO2/c1-4-19-10-14(11(2)3)17-9-15(18)12-7-5-6-8-13(12)16/h5-8,11,14-15,17-18H,4,9-10H2,1-3H3. The van der Waals surface area contributed by atoms with Crippen molar-refractivity contribution in [2.75, 3.05) is 19.8 Å². The van der Waals surface area contributed by atoms with Crippen LogP contribution in [0.3, 0.4) is 0 Å². The van der Waals surface area contributed by atoms with Crippen LogP contribution in [0.1, 0.15) is 32.4 Å². The van der Waals surface area contributed by atoms with E-state index in [4.69, 9.17) is 4.74 Å². The lowest BCUT2D eigenvalue weighted by Crippen LogP contribution is -2.40. The normalized spacial score (nSPS) is 14.6. The average Bonchev–Trinajstić information content (AvgIpc) is 2.38. The zero-order valence-electron chi connectivity index (χ0n) is 11.9. The summed E-state index contributed by atoms with van der Waals surface area (Å²) in [6, 6.07) is 6.46. The van der Waals surface area contributed by atoms with E-state index in [0.717, 1.165) is 0 Å². The smallest absolute Gasteiger partial charge is 0.129 e. The third-order valence-electron chi connectivity index (χ3n) is 3.14. The molecule has 0 saturated heterocycles. The molecule has 0 aliphatic carbocycles. The molecule has 0 amide bonds. The monoisotopic (exact) mass is 269 g/mol. The van der Waals surface area contributed by atoms with E-state index in [1.165, 1.54) is 6.07 Å². The molecule has 2 atom stereocenters. The molecule has 0 radical (unpaired) electrons. The fourth-order valence-electron chi connectivity index (χ4n) is 1.85. The van der Waals surface area contributed by atoms with Crippen molar-refractivity contribution in [3.63, 3.8) is 0 Å². The van der Waals surface area contributed by atoms with Gasteiger partial charge in [-0.1, -0.05) is 32.0 Å². The number of aliphatic hydroxyl groups is 1. The van der Waals surface area contributed by atoms with Crippen LogP contribution >= 0.6 is 0 Å². The topological polar surface area (TPSA) is 41.5 Å². The molecule has 0 aliphatic heterocycles. The van der Waals surface area contributed by atoms with Crippen LogP contribution in [0.25, 0.3) is 0 Å². The number of hydrogen-bond donors (Lipinski definition) is 2. The molecular formula is C15H24FNO2. The van der Waals surface area contributed by atoms with Crippen molar-refractivity contribution in [1.29, 1.82) is 0 Å². The van der Waals surface area contributed by atoms with Gasteiger partial charge >= 0.3 is 0 Å². The average molecular weight is 269 g/mol. The summed E-state index contributed by atoms with van der Waals surface area (Å²) in [6.07, 6.45) is -0.843. The van der Waals surface area contributed by atoms with E-state index in [-0.39, 0.29) is 11.9 Å². The summed E-state index contributed by atoms with van der Waals surface area (Å²) >= 11 is 0. The molecule has 1 aromatic carbocycles. The Morgan fingerprint density at radius 1 is 1.32 bits per heavy atom. The molecule has 3 nitrogen and oxygen atoms in total.